The Morgan fingerprint density at radius 2 is 0.688 bits per heavy atom. The molecule has 194 valence electrons. The SMILES string of the molecule is CO[Si](CCCS(=O)(=O)S(=O)(=O)S(=O)(=O)S(=O)(=O)CCC[Si](OC)(OC)OC)(OC)OC. The predicted octanol–water partition coefficient (Wildman–Crippen LogP) is -1.07. The summed E-state index contributed by atoms with van der Waals surface area (Å²) in [5.41, 5.74) is 0. The molecule has 0 saturated heterocycles. The second-order valence-corrected chi connectivity index (χ2v) is 26.6. The van der Waals surface area contributed by atoms with Gasteiger partial charge in [-0.05, 0) is 12.8 Å². The minimum absolute atomic E-state index is 0.157. The van der Waals surface area contributed by atoms with Gasteiger partial charge in [-0.3, -0.25) is 0 Å². The Morgan fingerprint density at radius 1 is 0.469 bits per heavy atom. The molecule has 0 spiro atoms. The van der Waals surface area contributed by atoms with Crippen molar-refractivity contribution in [2.24, 2.45) is 0 Å². The van der Waals surface area contributed by atoms with Crippen LogP contribution in [-0.4, -0.2) is 105 Å². The first-order chi connectivity index (χ1) is 14.5. The van der Waals surface area contributed by atoms with Crippen molar-refractivity contribution in [1.29, 1.82) is 0 Å². The summed E-state index contributed by atoms with van der Waals surface area (Å²) in [6, 6.07) is -0.314. The summed E-state index contributed by atoms with van der Waals surface area (Å²) in [6.45, 7) is 0. The molecule has 0 aliphatic rings. The molecule has 0 aliphatic heterocycles. The van der Waals surface area contributed by atoms with Gasteiger partial charge in [0.05, 0.1) is 11.5 Å². The summed E-state index contributed by atoms with van der Waals surface area (Å²) in [6.07, 6.45) is -0.828. The molecule has 0 rings (SSSR count). The molecule has 14 nitrogen and oxygen atoms in total. The van der Waals surface area contributed by atoms with E-state index in [0.717, 1.165) is 0 Å². The fourth-order valence-corrected chi connectivity index (χ4v) is 22.2. The van der Waals surface area contributed by atoms with Gasteiger partial charge < -0.3 is 26.6 Å². The maximum Gasteiger partial charge on any atom is 0.500 e. The van der Waals surface area contributed by atoms with Gasteiger partial charge in [0.1, 0.15) is 0 Å². The van der Waals surface area contributed by atoms with Crippen LogP contribution in [-0.2, 0) is 60.1 Å². The van der Waals surface area contributed by atoms with Gasteiger partial charge in [0.15, 0.2) is 0 Å². The van der Waals surface area contributed by atoms with E-state index in [4.69, 9.17) is 26.6 Å². The van der Waals surface area contributed by atoms with Gasteiger partial charge in [-0.25, -0.2) is 16.8 Å². The van der Waals surface area contributed by atoms with Crippen LogP contribution in [0.1, 0.15) is 12.8 Å². The fourth-order valence-electron chi connectivity index (χ4n) is 2.50. The van der Waals surface area contributed by atoms with Crippen LogP contribution >= 0.6 is 0 Å². The third-order valence-corrected chi connectivity index (χ3v) is 27.4. The van der Waals surface area contributed by atoms with E-state index in [9.17, 15) is 33.7 Å². The second kappa shape index (κ2) is 12.1. The first-order valence-electron chi connectivity index (χ1n) is 8.79. The highest BCUT2D eigenvalue weighted by Crippen LogP contribution is 2.25. The van der Waals surface area contributed by atoms with E-state index in [-0.39, 0.29) is 12.1 Å². The molecule has 0 N–H and O–H groups in total. The molecule has 0 saturated carbocycles. The molecule has 0 amide bonds. The normalized spacial score (nSPS) is 14.6. The van der Waals surface area contributed by atoms with Crippen LogP contribution in [0.2, 0.25) is 12.1 Å². The topological polar surface area (TPSA) is 192 Å². The Bertz CT molecular complexity index is 911. The molecule has 0 fully saturated rings. The van der Waals surface area contributed by atoms with Crippen molar-refractivity contribution in [3.8, 4) is 0 Å². The molecule has 20 heteroatoms. The van der Waals surface area contributed by atoms with Gasteiger partial charge in [-0.2, -0.15) is 16.8 Å². The molecule has 0 heterocycles. The quantitative estimate of drug-likeness (QED) is 0.149. The highest BCUT2D eigenvalue weighted by Gasteiger charge is 2.51. The van der Waals surface area contributed by atoms with Gasteiger partial charge in [-0.1, -0.05) is 0 Å². The second-order valence-electron chi connectivity index (χ2n) is 6.14. The Hall–Kier alpha value is -0.00623. The maximum absolute atomic E-state index is 12.3. The van der Waals surface area contributed by atoms with E-state index >= 15 is 0 Å². The molecule has 0 aromatic carbocycles. The number of hydrogen-bond acceptors (Lipinski definition) is 14. The Kier molecular flexibility index (Phi) is 12.1. The van der Waals surface area contributed by atoms with E-state index in [1.165, 1.54) is 42.7 Å². The van der Waals surface area contributed by atoms with Crippen molar-refractivity contribution in [2.75, 3.05) is 54.2 Å². The molecule has 0 aromatic heterocycles. The summed E-state index contributed by atoms with van der Waals surface area (Å²) in [4.78, 5) is 0. The summed E-state index contributed by atoms with van der Waals surface area (Å²) >= 11 is 0. The van der Waals surface area contributed by atoms with Gasteiger partial charge in [0, 0.05) is 54.7 Å². The van der Waals surface area contributed by atoms with Crippen molar-refractivity contribution in [3.63, 3.8) is 0 Å². The molecule has 32 heavy (non-hydrogen) atoms. The summed E-state index contributed by atoms with van der Waals surface area (Å²) in [5, 5.41) is 0. The van der Waals surface area contributed by atoms with E-state index in [2.05, 4.69) is 0 Å². The lowest BCUT2D eigenvalue weighted by Gasteiger charge is -2.24. The fraction of sp³-hybridized carbons (Fsp3) is 1.00. The molecular weight excluding hydrogens is 553 g/mol. The smallest absolute Gasteiger partial charge is 0.377 e. The third-order valence-electron chi connectivity index (χ3n) is 4.49. The Labute approximate surface area is 190 Å². The average Bonchev–Trinajstić information content (AvgIpc) is 2.74. The van der Waals surface area contributed by atoms with E-state index in [1.807, 2.05) is 0 Å². The van der Waals surface area contributed by atoms with Crippen molar-refractivity contribution in [3.05, 3.63) is 0 Å². The lowest BCUT2D eigenvalue weighted by Crippen LogP contribution is -2.43. The standard InChI is InChI=1S/C12H30O14S4Si2/c1-21-31(22-2,23-3)11-7-9-27(13,14)29(17,18)30(19,20)28(15,16)10-8-12-32(24-4,25-5)26-6/h7-12H2,1-6H3. The summed E-state index contributed by atoms with van der Waals surface area (Å²) in [5.74, 6) is -2.36. The van der Waals surface area contributed by atoms with Crippen LogP contribution in [0.15, 0.2) is 0 Å². The molecule has 0 aromatic rings. The first kappa shape index (κ1) is 32.0. The first-order valence-corrected chi connectivity index (χ1v) is 20.5. The molecule has 0 unspecified atom stereocenters. The van der Waals surface area contributed by atoms with Crippen LogP contribution in [0.5, 0.6) is 0 Å². The van der Waals surface area contributed by atoms with Crippen LogP contribution in [0.3, 0.4) is 0 Å². The lowest BCUT2D eigenvalue weighted by atomic mass is 10.6. The van der Waals surface area contributed by atoms with Crippen molar-refractivity contribution in [1.82, 2.24) is 0 Å². The number of rotatable bonds is 17. The zero-order chi connectivity index (χ0) is 25.5. The van der Waals surface area contributed by atoms with Crippen molar-refractivity contribution < 1.29 is 60.2 Å². The summed E-state index contributed by atoms with van der Waals surface area (Å²) < 4.78 is 129. The van der Waals surface area contributed by atoms with Crippen LogP contribution in [0.4, 0.5) is 0 Å². The van der Waals surface area contributed by atoms with Crippen LogP contribution in [0.25, 0.3) is 0 Å². The zero-order valence-corrected chi connectivity index (χ0v) is 23.9. The molecule has 0 bridgehead atoms. The Balaban J connectivity index is 5.61. The average molecular weight is 583 g/mol. The van der Waals surface area contributed by atoms with Crippen LogP contribution < -0.4 is 0 Å². The van der Waals surface area contributed by atoms with Crippen molar-refractivity contribution in [2.45, 2.75) is 24.9 Å². The largest absolute Gasteiger partial charge is 0.500 e. The monoisotopic (exact) mass is 582 g/mol. The minimum atomic E-state index is -6.15. The van der Waals surface area contributed by atoms with Crippen LogP contribution in [0, 0.1) is 0 Å². The van der Waals surface area contributed by atoms with Gasteiger partial charge in [0.2, 0.25) is 0 Å². The van der Waals surface area contributed by atoms with E-state index < -0.39 is 75.5 Å². The van der Waals surface area contributed by atoms with E-state index in [0.29, 0.717) is 0 Å². The maximum atomic E-state index is 12.3. The molecular formula is C12H30O14S4Si2. The lowest BCUT2D eigenvalue weighted by molar-refractivity contribution is 0.123. The van der Waals surface area contributed by atoms with E-state index in [1.54, 1.807) is 0 Å². The van der Waals surface area contributed by atoms with Gasteiger partial charge >= 0.3 is 33.4 Å². The molecule has 0 radical (unpaired) electrons. The summed E-state index contributed by atoms with van der Waals surface area (Å²) in [7, 11) is -22.2. The highest BCUT2D eigenvalue weighted by molar-refractivity contribution is 9.15. The Morgan fingerprint density at radius 3 is 0.875 bits per heavy atom. The highest BCUT2D eigenvalue weighted by atomic mass is 33.8. The molecule has 0 atom stereocenters. The molecule has 0 aliphatic carbocycles. The zero-order valence-electron chi connectivity index (χ0n) is 18.6. The van der Waals surface area contributed by atoms with Gasteiger partial charge in [0.25, 0.3) is 17.7 Å². The minimum Gasteiger partial charge on any atom is -0.377 e. The van der Waals surface area contributed by atoms with Gasteiger partial charge in [-0.15, -0.1) is 0 Å². The third kappa shape index (κ3) is 6.78. The van der Waals surface area contributed by atoms with Crippen molar-refractivity contribution >= 4 is 51.1 Å². The number of hydrogen-bond donors (Lipinski definition) is 0. The predicted molar refractivity (Wildman–Crippen MR) is 118 cm³/mol.